The Hall–Kier alpha value is -2.68. The minimum atomic E-state index is -4.45. The van der Waals surface area contributed by atoms with E-state index in [4.69, 9.17) is 5.73 Å². The first-order chi connectivity index (χ1) is 15.1. The molecule has 0 bridgehead atoms. The van der Waals surface area contributed by atoms with Gasteiger partial charge in [-0.05, 0) is 71.1 Å². The van der Waals surface area contributed by atoms with Crippen LogP contribution in [0.3, 0.4) is 0 Å². The van der Waals surface area contributed by atoms with Crippen LogP contribution in [0, 0.1) is 5.92 Å². The molecule has 2 aromatic heterocycles. The number of carbonyl (C=O) groups excluding carboxylic acids is 1. The van der Waals surface area contributed by atoms with Crippen molar-refractivity contribution in [2.45, 2.75) is 44.9 Å². The summed E-state index contributed by atoms with van der Waals surface area (Å²) in [6, 6.07) is 9.38. The Bertz CT molecular complexity index is 1150. The zero-order chi connectivity index (χ0) is 23.0. The number of aromatic nitrogens is 2. The van der Waals surface area contributed by atoms with E-state index in [1.54, 1.807) is 23.1 Å². The van der Waals surface area contributed by atoms with Gasteiger partial charge >= 0.3 is 6.18 Å². The van der Waals surface area contributed by atoms with E-state index < -0.39 is 11.7 Å². The molecule has 2 N–H and O–H groups in total. The molecule has 1 fully saturated rings. The fourth-order valence-corrected chi connectivity index (χ4v) is 4.59. The number of carbonyl (C=O) groups is 1. The average molecular weight is 507 g/mol. The van der Waals surface area contributed by atoms with E-state index in [1.165, 1.54) is 6.07 Å². The Morgan fingerprint density at radius 1 is 1.22 bits per heavy atom. The maximum Gasteiger partial charge on any atom is 0.417 e. The molecule has 2 atom stereocenters. The zero-order valence-electron chi connectivity index (χ0n) is 17.4. The number of pyridine rings is 2. The van der Waals surface area contributed by atoms with Crippen molar-refractivity contribution < 1.29 is 18.0 Å². The van der Waals surface area contributed by atoms with Crippen molar-refractivity contribution in [3.8, 4) is 0 Å². The molecule has 2 heterocycles. The van der Waals surface area contributed by atoms with Crippen molar-refractivity contribution in [2.24, 2.45) is 5.92 Å². The van der Waals surface area contributed by atoms with Gasteiger partial charge in [-0.15, -0.1) is 0 Å². The van der Waals surface area contributed by atoms with E-state index in [9.17, 15) is 18.0 Å². The third-order valence-electron chi connectivity index (χ3n) is 6.00. The van der Waals surface area contributed by atoms with Crippen LogP contribution in [0.1, 0.15) is 47.8 Å². The van der Waals surface area contributed by atoms with Gasteiger partial charge in [-0.1, -0.05) is 13.3 Å². The lowest BCUT2D eigenvalue weighted by molar-refractivity contribution is -0.137. The lowest BCUT2D eigenvalue weighted by Crippen LogP contribution is -2.41. The summed E-state index contributed by atoms with van der Waals surface area (Å²) in [5, 5.41) is 0.768. The van der Waals surface area contributed by atoms with Crippen LogP contribution in [0.4, 0.5) is 19.0 Å². The molecule has 32 heavy (non-hydrogen) atoms. The molecular formula is C23H22BrF3N4O. The standard InChI is InChI=1S/C23H22BrF3N4O/c1-13-3-2-4-20(13)31(12-17-7-6-16(11-29-17)23(25,26)27)22(32)14-5-8-19-15(9-14)10-18(24)21(28)30-19/h5-11,13,20H,2-4,12H2,1H3,(H2,28,30). The number of halogens is 4. The van der Waals surface area contributed by atoms with Gasteiger partial charge in [-0.3, -0.25) is 9.78 Å². The number of nitrogens with zero attached hydrogens (tertiary/aromatic N) is 3. The monoisotopic (exact) mass is 506 g/mol. The van der Waals surface area contributed by atoms with Crippen LogP contribution >= 0.6 is 15.9 Å². The van der Waals surface area contributed by atoms with Crippen molar-refractivity contribution in [1.82, 2.24) is 14.9 Å². The number of alkyl halides is 3. The first-order valence-electron chi connectivity index (χ1n) is 10.3. The van der Waals surface area contributed by atoms with E-state index in [1.807, 2.05) is 6.07 Å². The highest BCUT2D eigenvalue weighted by molar-refractivity contribution is 9.10. The number of amides is 1. The maximum atomic E-state index is 13.6. The SMILES string of the molecule is CC1CCCC1N(Cc1ccc(C(F)(F)F)cn1)C(=O)c1ccc2nc(N)c(Br)cc2c1. The van der Waals surface area contributed by atoms with Crippen LogP contribution in [0.5, 0.6) is 0 Å². The van der Waals surface area contributed by atoms with Crippen LogP contribution in [0.15, 0.2) is 47.1 Å². The quantitative estimate of drug-likeness (QED) is 0.483. The van der Waals surface area contributed by atoms with Crippen LogP contribution in [-0.2, 0) is 12.7 Å². The Morgan fingerprint density at radius 2 is 2.00 bits per heavy atom. The summed E-state index contributed by atoms with van der Waals surface area (Å²) in [5.74, 6) is 0.483. The normalized spacial score (nSPS) is 18.8. The van der Waals surface area contributed by atoms with Gasteiger partial charge in [0.1, 0.15) is 5.82 Å². The first-order valence-corrected chi connectivity index (χ1v) is 11.1. The van der Waals surface area contributed by atoms with E-state index in [0.29, 0.717) is 33.0 Å². The molecule has 3 aromatic rings. The van der Waals surface area contributed by atoms with Gasteiger partial charge in [0.15, 0.2) is 0 Å². The molecule has 5 nitrogen and oxygen atoms in total. The lowest BCUT2D eigenvalue weighted by Gasteiger charge is -2.32. The predicted octanol–water partition coefficient (Wildman–Crippen LogP) is 5.82. The van der Waals surface area contributed by atoms with Gasteiger partial charge < -0.3 is 10.6 Å². The van der Waals surface area contributed by atoms with Gasteiger partial charge in [0.2, 0.25) is 0 Å². The number of rotatable bonds is 4. The van der Waals surface area contributed by atoms with Crippen LogP contribution in [0.25, 0.3) is 10.9 Å². The summed E-state index contributed by atoms with van der Waals surface area (Å²) < 4.78 is 39.3. The van der Waals surface area contributed by atoms with Crippen molar-refractivity contribution in [2.75, 3.05) is 5.73 Å². The van der Waals surface area contributed by atoms with E-state index in [-0.39, 0.29) is 18.5 Å². The van der Waals surface area contributed by atoms with Crippen molar-refractivity contribution in [1.29, 1.82) is 0 Å². The van der Waals surface area contributed by atoms with Crippen molar-refractivity contribution >= 4 is 38.6 Å². The third kappa shape index (κ3) is 4.57. The summed E-state index contributed by atoms with van der Waals surface area (Å²) in [6.45, 7) is 2.25. The fourth-order valence-electron chi connectivity index (χ4n) is 4.25. The number of fused-ring (bicyclic) bond motifs is 1. The van der Waals surface area contributed by atoms with Crippen LogP contribution < -0.4 is 5.73 Å². The summed E-state index contributed by atoms with van der Waals surface area (Å²) in [4.78, 5) is 23.6. The number of hydrogen-bond donors (Lipinski definition) is 1. The highest BCUT2D eigenvalue weighted by Gasteiger charge is 2.34. The highest BCUT2D eigenvalue weighted by atomic mass is 79.9. The molecule has 1 aliphatic rings. The summed E-state index contributed by atoms with van der Waals surface area (Å²) in [6.07, 6.45) is -0.769. The zero-order valence-corrected chi connectivity index (χ0v) is 18.9. The minimum absolute atomic E-state index is 0.00133. The number of nitrogen functional groups attached to an aromatic ring is 1. The fraction of sp³-hybridized carbons (Fsp3) is 0.348. The van der Waals surface area contributed by atoms with Crippen molar-refractivity contribution in [3.05, 3.63) is 63.9 Å². The number of hydrogen-bond acceptors (Lipinski definition) is 4. The van der Waals surface area contributed by atoms with Crippen molar-refractivity contribution in [3.63, 3.8) is 0 Å². The van der Waals surface area contributed by atoms with Gasteiger partial charge in [0.05, 0.1) is 27.8 Å². The third-order valence-corrected chi connectivity index (χ3v) is 6.64. The van der Waals surface area contributed by atoms with E-state index >= 15 is 0 Å². The van der Waals surface area contributed by atoms with Crippen LogP contribution in [0.2, 0.25) is 0 Å². The van der Waals surface area contributed by atoms with Gasteiger partial charge in [0.25, 0.3) is 5.91 Å². The molecule has 0 saturated heterocycles. The molecule has 0 aliphatic heterocycles. The first kappa shape index (κ1) is 22.5. The molecule has 2 unspecified atom stereocenters. The smallest absolute Gasteiger partial charge is 0.383 e. The molecular weight excluding hydrogens is 485 g/mol. The molecule has 1 aliphatic carbocycles. The largest absolute Gasteiger partial charge is 0.417 e. The predicted molar refractivity (Wildman–Crippen MR) is 120 cm³/mol. The molecule has 1 saturated carbocycles. The summed E-state index contributed by atoms with van der Waals surface area (Å²) in [7, 11) is 0. The summed E-state index contributed by atoms with van der Waals surface area (Å²) >= 11 is 3.36. The topological polar surface area (TPSA) is 72.1 Å². The second-order valence-electron chi connectivity index (χ2n) is 8.21. The minimum Gasteiger partial charge on any atom is -0.383 e. The Kier molecular flexibility index (Phi) is 6.11. The second-order valence-corrected chi connectivity index (χ2v) is 9.06. The molecule has 4 rings (SSSR count). The molecule has 1 aromatic carbocycles. The summed E-state index contributed by atoms with van der Waals surface area (Å²) in [5.41, 5.74) is 6.62. The molecule has 168 valence electrons. The maximum absolute atomic E-state index is 13.6. The Morgan fingerprint density at radius 3 is 2.62 bits per heavy atom. The average Bonchev–Trinajstić information content (AvgIpc) is 3.17. The Labute approximate surface area is 192 Å². The number of nitrogens with two attached hydrogens (primary N) is 1. The second kappa shape index (κ2) is 8.69. The van der Waals surface area contributed by atoms with Gasteiger partial charge in [0, 0.05) is 23.2 Å². The number of anilines is 1. The number of benzene rings is 1. The van der Waals surface area contributed by atoms with Gasteiger partial charge in [-0.2, -0.15) is 13.2 Å². The molecule has 0 radical (unpaired) electrons. The molecule has 1 amide bonds. The highest BCUT2D eigenvalue weighted by Crippen LogP contribution is 2.33. The van der Waals surface area contributed by atoms with E-state index in [0.717, 1.165) is 36.9 Å². The van der Waals surface area contributed by atoms with Crippen LogP contribution in [-0.4, -0.2) is 26.8 Å². The van der Waals surface area contributed by atoms with Gasteiger partial charge in [-0.25, -0.2) is 4.98 Å². The lowest BCUT2D eigenvalue weighted by atomic mass is 10.0. The Balaban J connectivity index is 1.66. The molecule has 0 spiro atoms. The molecule has 9 heteroatoms. The van der Waals surface area contributed by atoms with E-state index in [2.05, 4.69) is 32.8 Å².